The highest BCUT2D eigenvalue weighted by Crippen LogP contribution is 2.44. The lowest BCUT2D eigenvalue weighted by Crippen LogP contribution is -2.64. The number of halogens is 4. The van der Waals surface area contributed by atoms with E-state index in [1.54, 1.807) is 20.8 Å². The Morgan fingerprint density at radius 2 is 1.24 bits per heavy atom. The van der Waals surface area contributed by atoms with E-state index in [4.69, 9.17) is 16.3 Å². The number of nitrogens with one attached hydrogen (secondary N) is 4. The maximum atomic E-state index is 15.2. The monoisotopic (exact) mass is 1380 g/mol. The molecule has 2 saturated heterocycles. The summed E-state index contributed by atoms with van der Waals surface area (Å²) >= 11 is 6.38. The van der Waals surface area contributed by atoms with Crippen molar-refractivity contribution < 1.29 is 70.6 Å². The Bertz CT molecular complexity index is 2680. The number of nitrogens with zero attached hydrogens (tertiary/aromatic N) is 7. The molecule has 5 fully saturated rings. The summed E-state index contributed by atoms with van der Waals surface area (Å²) in [4.78, 5) is 170. The van der Waals surface area contributed by atoms with Crippen molar-refractivity contribution >= 4 is 76.6 Å². The number of rotatable bonds is 15. The summed E-state index contributed by atoms with van der Waals surface area (Å²) in [5, 5.41) is 10.6. The summed E-state index contributed by atoms with van der Waals surface area (Å²) in [6, 6.07) is -7.90. The maximum Gasteiger partial charge on any atom is 0.393 e. The lowest BCUT2D eigenvalue weighted by molar-refractivity contribution is -0.182. The molecule has 0 aromatic carbocycles. The molecule has 5 aliphatic rings. The molecule has 0 aromatic rings. The Morgan fingerprint density at radius 3 is 1.83 bits per heavy atom. The Hall–Kier alpha value is -5.79. The summed E-state index contributed by atoms with van der Waals surface area (Å²) < 4.78 is 48.0. The molecule has 1 spiro atoms. The molecule has 0 aromatic heterocycles. The van der Waals surface area contributed by atoms with Crippen LogP contribution >= 0.6 is 11.6 Å². The van der Waals surface area contributed by atoms with Crippen molar-refractivity contribution in [3.05, 3.63) is 0 Å². The summed E-state index contributed by atoms with van der Waals surface area (Å²) in [5.74, 6) is -9.57. The van der Waals surface area contributed by atoms with Crippen LogP contribution in [0.2, 0.25) is 0 Å². The van der Waals surface area contributed by atoms with Crippen LogP contribution in [-0.2, 0) is 57.5 Å². The number of likely N-dealkylation sites (N-methyl/N-ethyl adjacent to an activating group) is 6. The van der Waals surface area contributed by atoms with E-state index in [-0.39, 0.29) is 107 Å². The van der Waals surface area contributed by atoms with E-state index in [9.17, 15) is 56.3 Å². The van der Waals surface area contributed by atoms with Crippen molar-refractivity contribution in [2.45, 2.75) is 250 Å². The van der Waals surface area contributed by atoms with Gasteiger partial charge in [0.25, 0.3) is 0 Å². The van der Waals surface area contributed by atoms with Crippen LogP contribution in [-0.4, -0.2) is 240 Å². The summed E-state index contributed by atoms with van der Waals surface area (Å²) in [7, 11) is 8.63. The van der Waals surface area contributed by atoms with E-state index in [1.165, 1.54) is 66.8 Å². The zero-order valence-corrected chi connectivity index (χ0v) is 60.5. The molecular formula is C69H115ClF3N11O12. The van der Waals surface area contributed by atoms with Gasteiger partial charge in [-0.15, -0.1) is 11.6 Å². The first-order valence-corrected chi connectivity index (χ1v) is 35.8. The van der Waals surface area contributed by atoms with Crippen LogP contribution in [0.1, 0.15) is 190 Å². The van der Waals surface area contributed by atoms with Gasteiger partial charge in [-0.05, 0) is 113 Å². The number of amides is 11. The molecule has 3 saturated carbocycles. The molecule has 0 bridgehead atoms. The largest absolute Gasteiger partial charge is 0.393 e. The number of carbonyl (C=O) groups is 11. The van der Waals surface area contributed by atoms with Crippen LogP contribution in [0.4, 0.5) is 13.2 Å². The summed E-state index contributed by atoms with van der Waals surface area (Å²) in [6.45, 7) is 13.7. The topological polar surface area (TPSA) is 268 Å². The third kappa shape index (κ3) is 22.4. The Labute approximate surface area is 573 Å². The quantitative estimate of drug-likeness (QED) is 0.104. The van der Waals surface area contributed by atoms with E-state index < -0.39 is 162 Å². The molecule has 96 heavy (non-hydrogen) atoms. The van der Waals surface area contributed by atoms with Gasteiger partial charge in [-0.25, -0.2) is 0 Å². The fourth-order valence-electron chi connectivity index (χ4n) is 14.6. The van der Waals surface area contributed by atoms with E-state index in [0.717, 1.165) is 41.9 Å². The number of ether oxygens (including phenoxy) is 1. The SMILES string of the molecule is CC[C@H](C)[C@@H]1NC(=O)[C@H](CC(C)C)N(C)C(=O)C[C@@H](COCCC(C)C)NC(=O)[C@H](C(C)C)N(C)C(=O)C2(CCCC2)NC(=O)[C@@H]2CCCN2C(=O)[C@H](CCC2CCC(C(F)(F)F)C(Cl)C2)NC(=O)CN(C)C(=O)[C@H](CC2CCCCC2)N(C)C(=O)CN(C)C(=O)CN(C)C1=O. The second kappa shape index (κ2) is 36.9. The van der Waals surface area contributed by atoms with Crippen LogP contribution in [0.25, 0.3) is 0 Å². The predicted octanol–water partition coefficient (Wildman–Crippen LogP) is 6.27. The van der Waals surface area contributed by atoms with Crippen molar-refractivity contribution in [3.63, 3.8) is 0 Å². The van der Waals surface area contributed by atoms with E-state index in [0.29, 0.717) is 38.7 Å². The molecule has 3 aliphatic carbocycles. The molecule has 2 heterocycles. The minimum absolute atomic E-state index is 0.00903. The normalized spacial score (nSPS) is 28.8. The molecule has 11 atom stereocenters. The van der Waals surface area contributed by atoms with Crippen LogP contribution in [0, 0.1) is 41.4 Å². The van der Waals surface area contributed by atoms with Crippen LogP contribution in [0.3, 0.4) is 0 Å². The number of carbonyl (C=O) groups excluding carboxylic acids is 11. The molecule has 11 amide bonds. The summed E-state index contributed by atoms with van der Waals surface area (Å²) in [5.41, 5.74) is -1.51. The highest BCUT2D eigenvalue weighted by Gasteiger charge is 2.51. The average molecular weight is 1380 g/mol. The Balaban J connectivity index is 1.56. The van der Waals surface area contributed by atoms with Gasteiger partial charge in [0.15, 0.2) is 0 Å². The van der Waals surface area contributed by atoms with Crippen LogP contribution in [0.5, 0.6) is 0 Å². The third-order valence-corrected chi connectivity index (χ3v) is 21.3. The molecule has 546 valence electrons. The third-order valence-electron chi connectivity index (χ3n) is 20.8. The van der Waals surface area contributed by atoms with Gasteiger partial charge in [0.2, 0.25) is 65.0 Å². The average Bonchev–Trinajstić information content (AvgIpc) is 1.58. The van der Waals surface area contributed by atoms with Gasteiger partial charge < -0.3 is 60.3 Å². The lowest BCUT2D eigenvalue weighted by atomic mass is 9.78. The van der Waals surface area contributed by atoms with Gasteiger partial charge in [0, 0.05) is 67.2 Å². The van der Waals surface area contributed by atoms with Crippen molar-refractivity contribution in [2.24, 2.45) is 41.4 Å². The van der Waals surface area contributed by atoms with Crippen molar-refractivity contribution in [1.29, 1.82) is 0 Å². The van der Waals surface area contributed by atoms with Gasteiger partial charge in [0.1, 0.15) is 41.8 Å². The number of hydrogen-bond acceptors (Lipinski definition) is 12. The summed E-state index contributed by atoms with van der Waals surface area (Å²) in [6.07, 6.45) is 3.30. The maximum absolute atomic E-state index is 15.2. The Kier molecular flexibility index (Phi) is 31.1. The molecule has 4 N–H and O–H groups in total. The molecule has 0 radical (unpaired) electrons. The molecule has 2 aliphatic heterocycles. The van der Waals surface area contributed by atoms with Gasteiger partial charge in [-0.2, -0.15) is 13.2 Å². The zero-order chi connectivity index (χ0) is 71.7. The smallest absolute Gasteiger partial charge is 0.379 e. The minimum Gasteiger partial charge on any atom is -0.379 e. The highest BCUT2D eigenvalue weighted by atomic mass is 35.5. The minimum atomic E-state index is -4.50. The fraction of sp³-hybridized carbons (Fsp3) is 0.841. The number of hydrogen-bond donors (Lipinski definition) is 4. The van der Waals surface area contributed by atoms with Crippen molar-refractivity contribution in [2.75, 3.05) is 81.7 Å². The first kappa shape index (κ1) is 80.9. The molecule has 27 heteroatoms. The first-order valence-electron chi connectivity index (χ1n) is 35.4. The van der Waals surface area contributed by atoms with Gasteiger partial charge >= 0.3 is 6.18 Å². The Morgan fingerprint density at radius 1 is 0.615 bits per heavy atom. The van der Waals surface area contributed by atoms with Gasteiger partial charge in [-0.3, -0.25) is 52.7 Å². The van der Waals surface area contributed by atoms with E-state index in [2.05, 4.69) is 21.3 Å². The zero-order valence-electron chi connectivity index (χ0n) is 59.8. The van der Waals surface area contributed by atoms with Crippen LogP contribution in [0.15, 0.2) is 0 Å². The predicted molar refractivity (Wildman–Crippen MR) is 358 cm³/mol. The number of fused-ring (bicyclic) bond motifs is 1. The van der Waals surface area contributed by atoms with Crippen molar-refractivity contribution in [1.82, 2.24) is 55.6 Å². The standard InChI is InChI=1S/C69H115ClF3N11O12/c1-15-45(8)59-66(94)80(11)39-57(87)78(9)40-58(88)82(13)54(36-46-22-17-16-18-23-46)65(93)79(10)38-55(85)75-51(28-26-47-25-27-49(50(70)35-47)69(71,72)73)64(92)84-32-21-24-52(84)62(90)77-68(30-19-20-31-68)67(95)83(14)60(44(6)7)63(91)74-48(41-96-33-29-42(2)3)37-56(86)81(12)53(34-43(4)5)61(89)76-59/h42-54,59-60H,15-41H2,1-14H3,(H,74,91)(H,75,85)(H,76,89)(H,77,90)/t45-,47?,48-,49?,50?,51-,52-,53-,54-,59-,60-/m0/s1. The van der Waals surface area contributed by atoms with E-state index >= 15 is 9.59 Å². The molecular weight excluding hydrogens is 1270 g/mol. The van der Waals surface area contributed by atoms with Crippen LogP contribution < -0.4 is 21.3 Å². The molecule has 5 rings (SSSR count). The number of alkyl halides is 4. The lowest BCUT2D eigenvalue weighted by Gasteiger charge is -2.39. The molecule has 3 unspecified atom stereocenters. The second-order valence-corrected chi connectivity index (χ2v) is 30.3. The fourth-order valence-corrected chi connectivity index (χ4v) is 15.1. The van der Waals surface area contributed by atoms with Gasteiger partial charge in [0.05, 0.1) is 38.2 Å². The second-order valence-electron chi connectivity index (χ2n) is 29.7. The van der Waals surface area contributed by atoms with Crippen molar-refractivity contribution in [3.8, 4) is 0 Å². The van der Waals surface area contributed by atoms with E-state index in [1.807, 2.05) is 34.6 Å². The molecule has 23 nitrogen and oxygen atoms in total. The first-order chi connectivity index (χ1) is 45.0. The van der Waals surface area contributed by atoms with Gasteiger partial charge in [-0.1, -0.05) is 107 Å². The highest BCUT2D eigenvalue weighted by molar-refractivity contribution is 6.20.